The average molecular weight is 469 g/mol. The zero-order chi connectivity index (χ0) is 25.3. The van der Waals surface area contributed by atoms with Crippen molar-refractivity contribution in [2.24, 2.45) is 0 Å². The number of benzene rings is 3. The summed E-state index contributed by atoms with van der Waals surface area (Å²) < 4.78 is 0. The second-order valence-electron chi connectivity index (χ2n) is 6.75. The summed E-state index contributed by atoms with van der Waals surface area (Å²) in [6.45, 7) is 4.15. The fourth-order valence-corrected chi connectivity index (χ4v) is 2.25. The molecule has 4 rings (SSSR count). The summed E-state index contributed by atoms with van der Waals surface area (Å²) in [7, 11) is 0. The van der Waals surface area contributed by atoms with E-state index < -0.39 is 17.9 Å². The van der Waals surface area contributed by atoms with E-state index in [0.29, 0.717) is 0 Å². The molecule has 0 aliphatic carbocycles. The number of hydrogen-bond donors (Lipinski definition) is 1. The minimum absolute atomic E-state index is 0. The Labute approximate surface area is 206 Å². The van der Waals surface area contributed by atoms with Gasteiger partial charge >= 0.3 is 8.41 Å². The van der Waals surface area contributed by atoms with E-state index in [4.69, 9.17) is 0 Å². The summed E-state index contributed by atoms with van der Waals surface area (Å²) in [5.74, 6) is -3.39. The van der Waals surface area contributed by atoms with Gasteiger partial charge in [0, 0.05) is 11.9 Å². The van der Waals surface area contributed by atoms with E-state index in [1.54, 1.807) is 54.6 Å². The van der Waals surface area contributed by atoms with Crippen LogP contribution < -0.4 is 15.3 Å². The molecular formula is C27H24BNO6. The Bertz CT molecular complexity index is 1010. The maximum atomic E-state index is 10.1. The molecule has 35 heavy (non-hydrogen) atoms. The first kappa shape index (κ1) is 30.4. The molecule has 0 saturated carbocycles. The van der Waals surface area contributed by atoms with E-state index in [9.17, 15) is 29.7 Å². The summed E-state index contributed by atoms with van der Waals surface area (Å²) in [6, 6.07) is 26.3. The number of nitrogens with one attached hydrogen (secondary N) is 1. The molecule has 4 aromatic rings. The van der Waals surface area contributed by atoms with Crippen LogP contribution >= 0.6 is 0 Å². The number of carboxylic acids is 3. The summed E-state index contributed by atoms with van der Waals surface area (Å²) in [5.41, 5.74) is 3.26. The molecule has 0 unspecified atom stereocenters. The van der Waals surface area contributed by atoms with Crippen LogP contribution in [-0.4, -0.2) is 31.3 Å². The quantitative estimate of drug-likeness (QED) is 0.451. The molecule has 7 nitrogen and oxygen atoms in total. The second kappa shape index (κ2) is 17.0. The largest absolute Gasteiger partial charge is 3.00 e. The molecular weight excluding hydrogens is 445 g/mol. The van der Waals surface area contributed by atoms with Crippen LogP contribution in [0, 0.1) is 13.8 Å². The van der Waals surface area contributed by atoms with Crippen LogP contribution in [0.1, 0.15) is 42.3 Å². The molecule has 0 radical (unpaired) electrons. The normalized spacial score (nSPS) is 8.74. The fraction of sp³-hybridized carbons (Fsp3) is 0.0741. The van der Waals surface area contributed by atoms with Crippen molar-refractivity contribution in [2.45, 2.75) is 13.8 Å². The van der Waals surface area contributed by atoms with Crippen molar-refractivity contribution in [2.75, 3.05) is 0 Å². The number of carbonyl (C=O) groups is 3. The van der Waals surface area contributed by atoms with Gasteiger partial charge in [0.2, 0.25) is 0 Å². The van der Waals surface area contributed by atoms with Gasteiger partial charge in [-0.05, 0) is 42.2 Å². The van der Waals surface area contributed by atoms with Crippen LogP contribution in [0.2, 0.25) is 0 Å². The van der Waals surface area contributed by atoms with Gasteiger partial charge in [-0.2, -0.15) is 0 Å². The third-order valence-corrected chi connectivity index (χ3v) is 4.25. The number of aromatic amines is 1. The third kappa shape index (κ3) is 12.9. The Kier molecular flexibility index (Phi) is 14.7. The topological polar surface area (TPSA) is 136 Å². The van der Waals surface area contributed by atoms with E-state index in [1.807, 2.05) is 6.20 Å². The number of H-pyrrole nitrogens is 1. The van der Waals surface area contributed by atoms with Crippen LogP contribution in [-0.2, 0) is 0 Å². The molecule has 1 N–H and O–H groups in total. The van der Waals surface area contributed by atoms with Crippen molar-refractivity contribution in [3.8, 4) is 0 Å². The van der Waals surface area contributed by atoms with Gasteiger partial charge in [0.05, 0.1) is 17.9 Å². The Balaban J connectivity index is 0.000000438. The van der Waals surface area contributed by atoms with Gasteiger partial charge in [-0.15, -0.1) is 0 Å². The van der Waals surface area contributed by atoms with Crippen molar-refractivity contribution < 1.29 is 29.7 Å². The first-order chi connectivity index (χ1) is 16.2. The molecule has 0 aliphatic rings. The van der Waals surface area contributed by atoms with Crippen molar-refractivity contribution in [1.29, 1.82) is 0 Å². The minimum Gasteiger partial charge on any atom is -0.545 e. The first-order valence-electron chi connectivity index (χ1n) is 10.1. The number of aromatic carboxylic acids is 3. The summed E-state index contributed by atoms with van der Waals surface area (Å²) in [6.07, 6.45) is 1.95. The molecule has 0 amide bonds. The maximum absolute atomic E-state index is 10.1. The Morgan fingerprint density at radius 2 is 0.829 bits per heavy atom. The Morgan fingerprint density at radius 1 is 0.543 bits per heavy atom. The summed E-state index contributed by atoms with van der Waals surface area (Å²) in [5, 5.41) is 30.3. The molecule has 1 aromatic heterocycles. The van der Waals surface area contributed by atoms with Gasteiger partial charge in [0.1, 0.15) is 0 Å². The predicted molar refractivity (Wildman–Crippen MR) is 128 cm³/mol. The zero-order valence-corrected chi connectivity index (χ0v) is 19.3. The Morgan fingerprint density at radius 3 is 0.943 bits per heavy atom. The monoisotopic (exact) mass is 469 g/mol. The van der Waals surface area contributed by atoms with Gasteiger partial charge in [-0.1, -0.05) is 91.0 Å². The Hall–Kier alpha value is -4.59. The van der Waals surface area contributed by atoms with Gasteiger partial charge in [0.25, 0.3) is 0 Å². The first-order valence-corrected chi connectivity index (χ1v) is 10.1. The third-order valence-electron chi connectivity index (χ3n) is 4.25. The van der Waals surface area contributed by atoms with Crippen LogP contribution in [0.25, 0.3) is 0 Å². The van der Waals surface area contributed by atoms with Crippen LogP contribution in [0.3, 0.4) is 0 Å². The van der Waals surface area contributed by atoms with Crippen molar-refractivity contribution in [3.63, 3.8) is 0 Å². The molecule has 0 spiro atoms. The predicted octanol–water partition coefficient (Wildman–Crippen LogP) is 1.40. The van der Waals surface area contributed by atoms with E-state index in [2.05, 4.69) is 24.9 Å². The molecule has 0 bridgehead atoms. The van der Waals surface area contributed by atoms with Crippen molar-refractivity contribution >= 4 is 26.3 Å². The van der Waals surface area contributed by atoms with Gasteiger partial charge in [-0.3, -0.25) is 0 Å². The molecule has 176 valence electrons. The van der Waals surface area contributed by atoms with Crippen LogP contribution in [0.4, 0.5) is 0 Å². The maximum Gasteiger partial charge on any atom is 3.00 e. The molecule has 8 heteroatoms. The SMILES string of the molecule is Cc1cc[nH]c1C.O=C([O-])c1ccccc1.O=C([O-])c1ccccc1.O=C([O-])c1ccccc1.[B+3]. The van der Waals surface area contributed by atoms with E-state index in [-0.39, 0.29) is 25.1 Å². The smallest absolute Gasteiger partial charge is 0.545 e. The fourth-order valence-electron chi connectivity index (χ4n) is 2.25. The number of carboxylic acid groups (broad SMARTS) is 3. The summed E-state index contributed by atoms with van der Waals surface area (Å²) in [4.78, 5) is 33.3. The van der Waals surface area contributed by atoms with Gasteiger partial charge in [-0.25, -0.2) is 0 Å². The number of hydrogen-bond acceptors (Lipinski definition) is 6. The van der Waals surface area contributed by atoms with Crippen LogP contribution in [0.15, 0.2) is 103 Å². The van der Waals surface area contributed by atoms with Gasteiger partial charge in [0.15, 0.2) is 0 Å². The minimum atomic E-state index is -1.13. The molecule has 3 aromatic carbocycles. The van der Waals surface area contributed by atoms with Crippen molar-refractivity contribution in [3.05, 3.63) is 131 Å². The van der Waals surface area contributed by atoms with Crippen LogP contribution in [0.5, 0.6) is 0 Å². The van der Waals surface area contributed by atoms with E-state index in [0.717, 1.165) is 0 Å². The number of rotatable bonds is 3. The van der Waals surface area contributed by atoms with Gasteiger partial charge < -0.3 is 34.7 Å². The molecule has 0 fully saturated rings. The molecule has 1 heterocycles. The zero-order valence-electron chi connectivity index (χ0n) is 19.3. The summed E-state index contributed by atoms with van der Waals surface area (Å²) >= 11 is 0. The van der Waals surface area contributed by atoms with E-state index >= 15 is 0 Å². The number of aromatic nitrogens is 1. The molecule has 0 saturated heterocycles. The van der Waals surface area contributed by atoms with E-state index in [1.165, 1.54) is 47.7 Å². The second-order valence-corrected chi connectivity index (χ2v) is 6.75. The molecule has 0 aliphatic heterocycles. The number of aryl methyl sites for hydroxylation is 2. The number of carbonyl (C=O) groups excluding carboxylic acids is 3. The average Bonchev–Trinajstić information content (AvgIpc) is 3.24. The van der Waals surface area contributed by atoms with Crippen molar-refractivity contribution in [1.82, 2.24) is 4.98 Å². The molecule has 0 atom stereocenters. The standard InChI is InChI=1S/3C7H6O2.C6H9N.B/c3*8-7(9)6-4-2-1-3-5-6;1-5-3-4-7-6(5)2;/h3*1-5H,(H,8,9);3-4,7H,1-2H3;/q;;;;+3/p-3.